The third-order valence-corrected chi connectivity index (χ3v) is 2.46. The maximum atomic E-state index is 11.6. The molecule has 0 spiro atoms. The van der Waals surface area contributed by atoms with Crippen LogP contribution in [0.25, 0.3) is 0 Å². The molecule has 0 aliphatic rings. The number of aromatic hydroxyl groups is 1. The van der Waals surface area contributed by atoms with Gasteiger partial charge in [-0.2, -0.15) is 0 Å². The van der Waals surface area contributed by atoms with E-state index in [1.165, 1.54) is 6.07 Å². The predicted molar refractivity (Wildman–Crippen MR) is 66.6 cm³/mol. The lowest BCUT2D eigenvalue weighted by Crippen LogP contribution is -2.25. The third-order valence-electron chi connectivity index (χ3n) is 2.46. The minimum atomic E-state index is -0.511. The molecule has 1 amide bonds. The highest BCUT2D eigenvalue weighted by Crippen LogP contribution is 2.04. The summed E-state index contributed by atoms with van der Waals surface area (Å²) in [5.74, 6) is -0.700. The van der Waals surface area contributed by atoms with Gasteiger partial charge in [0.2, 0.25) is 0 Å². The fraction of sp³-hybridized carbons (Fsp3) is 0.500. The summed E-state index contributed by atoms with van der Waals surface area (Å²) in [7, 11) is 0. The van der Waals surface area contributed by atoms with Crippen LogP contribution in [0.2, 0.25) is 0 Å². The summed E-state index contributed by atoms with van der Waals surface area (Å²) in [5.41, 5.74) is -0.366. The van der Waals surface area contributed by atoms with Crippen LogP contribution in [0.1, 0.15) is 36.0 Å². The normalized spacial score (nSPS) is 10.3. The van der Waals surface area contributed by atoms with Crippen LogP contribution >= 0.6 is 0 Å². The molecular formula is C12H18N2O4. The number of aliphatic hydroxyl groups is 1. The molecule has 0 aromatic carbocycles. The molecule has 1 aromatic heterocycles. The Bertz CT molecular complexity index is 442. The quantitative estimate of drug-likeness (QED) is 0.528. The van der Waals surface area contributed by atoms with E-state index in [2.05, 4.69) is 10.3 Å². The average Bonchev–Trinajstić information content (AvgIpc) is 2.32. The van der Waals surface area contributed by atoms with Gasteiger partial charge >= 0.3 is 0 Å². The largest absolute Gasteiger partial charge is 0.494 e. The predicted octanol–water partition coefficient (Wildman–Crippen LogP) is 0.363. The highest BCUT2D eigenvalue weighted by Gasteiger charge is 2.07. The molecule has 0 aliphatic heterocycles. The van der Waals surface area contributed by atoms with Gasteiger partial charge in [-0.3, -0.25) is 14.6 Å². The Morgan fingerprint density at radius 2 is 1.94 bits per heavy atom. The first-order valence-electron chi connectivity index (χ1n) is 5.96. The van der Waals surface area contributed by atoms with Gasteiger partial charge in [0, 0.05) is 25.3 Å². The van der Waals surface area contributed by atoms with Crippen molar-refractivity contribution in [1.82, 2.24) is 10.3 Å². The number of rotatable bonds is 7. The number of H-pyrrole nitrogens is 1. The van der Waals surface area contributed by atoms with E-state index in [4.69, 9.17) is 10.2 Å². The molecule has 4 N–H and O–H groups in total. The molecule has 0 saturated carbocycles. The highest BCUT2D eigenvalue weighted by molar-refractivity contribution is 5.94. The Labute approximate surface area is 105 Å². The van der Waals surface area contributed by atoms with Gasteiger partial charge in [0.05, 0.1) is 5.56 Å². The van der Waals surface area contributed by atoms with Crippen LogP contribution in [0, 0.1) is 0 Å². The number of carbonyl (C=O) groups is 1. The summed E-state index contributed by atoms with van der Waals surface area (Å²) in [6.45, 7) is 0.705. The first-order chi connectivity index (χ1) is 8.63. The number of pyridine rings is 1. The average molecular weight is 254 g/mol. The number of hydrogen-bond donors (Lipinski definition) is 4. The maximum absolute atomic E-state index is 11.6. The Morgan fingerprint density at radius 1 is 1.22 bits per heavy atom. The van der Waals surface area contributed by atoms with Crippen molar-refractivity contribution in [3.63, 3.8) is 0 Å². The molecule has 0 bridgehead atoms. The zero-order chi connectivity index (χ0) is 13.4. The van der Waals surface area contributed by atoms with Crippen LogP contribution in [0.5, 0.6) is 5.88 Å². The van der Waals surface area contributed by atoms with Crippen LogP contribution in [0.4, 0.5) is 0 Å². The van der Waals surface area contributed by atoms with Gasteiger partial charge in [-0.25, -0.2) is 0 Å². The number of hydrogen-bond acceptors (Lipinski definition) is 4. The molecule has 1 rings (SSSR count). The number of aromatic amines is 1. The Kier molecular flexibility index (Phi) is 5.93. The van der Waals surface area contributed by atoms with Gasteiger partial charge < -0.3 is 15.5 Å². The monoisotopic (exact) mass is 254 g/mol. The molecule has 1 heterocycles. The van der Waals surface area contributed by atoms with Gasteiger partial charge in [-0.05, 0) is 12.8 Å². The van der Waals surface area contributed by atoms with E-state index in [0.29, 0.717) is 6.54 Å². The van der Waals surface area contributed by atoms with Crippen molar-refractivity contribution in [1.29, 1.82) is 0 Å². The molecule has 0 saturated heterocycles. The van der Waals surface area contributed by atoms with Crippen molar-refractivity contribution in [3.8, 4) is 5.88 Å². The summed E-state index contributed by atoms with van der Waals surface area (Å²) in [6.07, 6.45) is 3.45. The minimum absolute atomic E-state index is 0.145. The lowest BCUT2D eigenvalue weighted by molar-refractivity contribution is 0.0952. The number of unbranched alkanes of at least 4 members (excludes halogenated alkanes) is 3. The molecule has 18 heavy (non-hydrogen) atoms. The smallest absolute Gasteiger partial charge is 0.251 e. The summed E-state index contributed by atoms with van der Waals surface area (Å²) < 4.78 is 0. The van der Waals surface area contributed by atoms with Crippen LogP contribution in [-0.4, -0.2) is 34.3 Å². The number of amides is 1. The van der Waals surface area contributed by atoms with E-state index in [1.54, 1.807) is 0 Å². The van der Waals surface area contributed by atoms with Crippen LogP contribution in [0.15, 0.2) is 16.9 Å². The lowest BCUT2D eigenvalue weighted by Gasteiger charge is -2.05. The second kappa shape index (κ2) is 7.50. The highest BCUT2D eigenvalue weighted by atomic mass is 16.3. The molecule has 100 valence electrons. The fourth-order valence-corrected chi connectivity index (χ4v) is 1.55. The van der Waals surface area contributed by atoms with Gasteiger partial charge in [0.25, 0.3) is 11.5 Å². The van der Waals surface area contributed by atoms with Crippen LogP contribution < -0.4 is 10.9 Å². The zero-order valence-electron chi connectivity index (χ0n) is 10.1. The first kappa shape index (κ1) is 14.2. The Hall–Kier alpha value is -1.82. The van der Waals surface area contributed by atoms with Crippen molar-refractivity contribution in [2.24, 2.45) is 0 Å². The molecule has 1 aromatic rings. The maximum Gasteiger partial charge on any atom is 0.251 e. The number of aliphatic hydroxyl groups excluding tert-OH is 1. The SMILES string of the molecule is O=C(NCCCCCCO)c1cc(O)[nH]c(=O)c1. The van der Waals surface area contributed by atoms with E-state index in [9.17, 15) is 9.59 Å². The first-order valence-corrected chi connectivity index (χ1v) is 5.96. The molecule has 0 unspecified atom stereocenters. The van der Waals surface area contributed by atoms with Crippen molar-refractivity contribution in [2.45, 2.75) is 25.7 Å². The molecular weight excluding hydrogens is 236 g/mol. The topological polar surface area (TPSA) is 102 Å². The van der Waals surface area contributed by atoms with Gasteiger partial charge in [0.15, 0.2) is 5.88 Å². The van der Waals surface area contributed by atoms with Crippen molar-refractivity contribution in [2.75, 3.05) is 13.2 Å². The summed E-state index contributed by atoms with van der Waals surface area (Å²) in [4.78, 5) is 24.8. The summed E-state index contributed by atoms with van der Waals surface area (Å²) in [5, 5.41) is 20.4. The summed E-state index contributed by atoms with van der Waals surface area (Å²) >= 11 is 0. The minimum Gasteiger partial charge on any atom is -0.494 e. The van der Waals surface area contributed by atoms with E-state index in [-0.39, 0.29) is 24.0 Å². The van der Waals surface area contributed by atoms with Gasteiger partial charge in [-0.1, -0.05) is 12.8 Å². The number of aromatic nitrogens is 1. The molecule has 0 aliphatic carbocycles. The van der Waals surface area contributed by atoms with E-state index in [0.717, 1.165) is 31.7 Å². The van der Waals surface area contributed by atoms with Crippen molar-refractivity contribution in [3.05, 3.63) is 28.0 Å². The fourth-order valence-electron chi connectivity index (χ4n) is 1.55. The number of carbonyl (C=O) groups excluding carboxylic acids is 1. The summed E-state index contributed by atoms with van der Waals surface area (Å²) in [6, 6.07) is 2.35. The molecule has 0 atom stereocenters. The molecule has 0 fully saturated rings. The Balaban J connectivity index is 2.34. The van der Waals surface area contributed by atoms with E-state index < -0.39 is 5.56 Å². The second-order valence-electron chi connectivity index (χ2n) is 4.01. The van der Waals surface area contributed by atoms with Crippen molar-refractivity contribution < 1.29 is 15.0 Å². The van der Waals surface area contributed by atoms with Crippen molar-refractivity contribution >= 4 is 5.91 Å². The van der Waals surface area contributed by atoms with Gasteiger partial charge in [0.1, 0.15) is 0 Å². The van der Waals surface area contributed by atoms with E-state index in [1.807, 2.05) is 0 Å². The van der Waals surface area contributed by atoms with E-state index >= 15 is 0 Å². The van der Waals surface area contributed by atoms with Crippen LogP contribution in [-0.2, 0) is 0 Å². The third kappa shape index (κ3) is 5.01. The number of nitrogens with one attached hydrogen (secondary N) is 2. The molecule has 6 nitrogen and oxygen atoms in total. The van der Waals surface area contributed by atoms with Crippen LogP contribution in [0.3, 0.4) is 0 Å². The zero-order valence-corrected chi connectivity index (χ0v) is 10.1. The Morgan fingerprint density at radius 3 is 2.61 bits per heavy atom. The molecule has 0 radical (unpaired) electrons. The van der Waals surface area contributed by atoms with Gasteiger partial charge in [-0.15, -0.1) is 0 Å². The second-order valence-corrected chi connectivity index (χ2v) is 4.01. The molecule has 6 heteroatoms. The standard InChI is InChI=1S/C12H18N2O4/c15-6-4-2-1-3-5-13-12(18)9-7-10(16)14-11(17)8-9/h7-8,15H,1-6H2,(H,13,18)(H2,14,16,17). The lowest BCUT2D eigenvalue weighted by atomic mass is 10.2.